The van der Waals surface area contributed by atoms with Crippen LogP contribution in [0.5, 0.6) is 0 Å². The number of anilines is 3. The number of rotatable bonds is 6. The van der Waals surface area contributed by atoms with E-state index in [4.69, 9.17) is 4.42 Å². The highest BCUT2D eigenvalue weighted by Gasteiger charge is 2.19. The molecule has 0 fully saturated rings. The molecule has 240 valence electrons. The third-order valence-corrected chi connectivity index (χ3v) is 10.0. The first-order valence-corrected chi connectivity index (χ1v) is 17.4. The molecule has 3 nitrogen and oxygen atoms in total. The van der Waals surface area contributed by atoms with Gasteiger partial charge >= 0.3 is 0 Å². The summed E-state index contributed by atoms with van der Waals surface area (Å²) in [5, 5.41) is 4.66. The van der Waals surface area contributed by atoms with E-state index in [2.05, 4.69) is 204 Å². The highest BCUT2D eigenvalue weighted by Crippen LogP contribution is 2.42. The summed E-state index contributed by atoms with van der Waals surface area (Å²) in [5.41, 5.74) is 13.0. The molecular formula is C48H32N2O. The number of furan rings is 1. The van der Waals surface area contributed by atoms with Crippen molar-refractivity contribution < 1.29 is 4.42 Å². The zero-order valence-electron chi connectivity index (χ0n) is 27.8. The number of aromatic nitrogens is 1. The minimum Gasteiger partial charge on any atom is -0.454 e. The molecule has 0 radical (unpaired) electrons. The second-order valence-electron chi connectivity index (χ2n) is 13.0. The second-order valence-corrected chi connectivity index (χ2v) is 13.0. The quantitative estimate of drug-likeness (QED) is 0.178. The van der Waals surface area contributed by atoms with Gasteiger partial charge in [0.05, 0.1) is 16.7 Å². The minimum atomic E-state index is 0.850. The van der Waals surface area contributed by atoms with Crippen molar-refractivity contribution in [2.75, 3.05) is 4.90 Å². The minimum absolute atomic E-state index is 0.850. The van der Waals surface area contributed by atoms with E-state index in [0.717, 1.165) is 55.7 Å². The Balaban J connectivity index is 1.13. The average molecular weight is 653 g/mol. The molecule has 0 aliphatic rings. The van der Waals surface area contributed by atoms with Gasteiger partial charge in [-0.1, -0.05) is 133 Å². The molecule has 0 saturated heterocycles. The standard InChI is InChI=1S/C48H32N2O/c1-3-12-33(13-4-1)35-22-26-37(27-23-35)49(38-28-24-36(25-29-38)34-14-5-2-6-15-34)39-30-31-42-43-18-11-21-46(48(43)51-47(42)32-39)50-44-19-9-7-16-40(44)41-17-8-10-20-45(41)50/h1-32H. The summed E-state index contributed by atoms with van der Waals surface area (Å²) >= 11 is 0. The summed E-state index contributed by atoms with van der Waals surface area (Å²) in [4.78, 5) is 2.31. The lowest BCUT2D eigenvalue weighted by atomic mass is 10.0. The van der Waals surface area contributed by atoms with E-state index in [1.807, 2.05) is 0 Å². The number of hydrogen-bond acceptors (Lipinski definition) is 2. The molecule has 0 unspecified atom stereocenters. The van der Waals surface area contributed by atoms with Crippen molar-refractivity contribution in [1.82, 2.24) is 4.57 Å². The second kappa shape index (κ2) is 11.9. The van der Waals surface area contributed by atoms with E-state index in [1.54, 1.807) is 0 Å². The van der Waals surface area contributed by atoms with Crippen molar-refractivity contribution in [3.63, 3.8) is 0 Å². The van der Waals surface area contributed by atoms with Crippen LogP contribution in [-0.2, 0) is 0 Å². The molecule has 8 aromatic carbocycles. The third kappa shape index (κ3) is 4.90. The third-order valence-electron chi connectivity index (χ3n) is 10.0. The van der Waals surface area contributed by atoms with Crippen molar-refractivity contribution in [3.8, 4) is 27.9 Å². The molecule has 0 bridgehead atoms. The number of benzene rings is 8. The van der Waals surface area contributed by atoms with Crippen LogP contribution in [0.15, 0.2) is 199 Å². The van der Waals surface area contributed by atoms with Crippen LogP contribution in [0.3, 0.4) is 0 Å². The Morgan fingerprint density at radius 2 is 0.824 bits per heavy atom. The van der Waals surface area contributed by atoms with Gasteiger partial charge in [-0.15, -0.1) is 0 Å². The van der Waals surface area contributed by atoms with E-state index in [1.165, 1.54) is 33.0 Å². The predicted octanol–water partition coefficient (Wildman–Crippen LogP) is 13.5. The van der Waals surface area contributed by atoms with Crippen LogP contribution in [-0.4, -0.2) is 4.57 Å². The molecular weight excluding hydrogens is 621 g/mol. The first-order valence-electron chi connectivity index (χ1n) is 17.4. The van der Waals surface area contributed by atoms with Gasteiger partial charge in [-0.05, 0) is 76.9 Å². The highest BCUT2D eigenvalue weighted by atomic mass is 16.3. The first-order chi connectivity index (χ1) is 25.3. The summed E-state index contributed by atoms with van der Waals surface area (Å²) in [7, 11) is 0. The molecule has 0 atom stereocenters. The molecule has 0 spiro atoms. The largest absolute Gasteiger partial charge is 0.454 e. The molecule has 0 aliphatic carbocycles. The van der Waals surface area contributed by atoms with Gasteiger partial charge in [-0.2, -0.15) is 0 Å². The average Bonchev–Trinajstić information content (AvgIpc) is 3.75. The molecule has 10 rings (SSSR count). The van der Waals surface area contributed by atoms with Gasteiger partial charge in [0.2, 0.25) is 0 Å². The normalized spacial score (nSPS) is 11.5. The Morgan fingerprint density at radius 1 is 0.353 bits per heavy atom. The SMILES string of the molecule is c1ccc(-c2ccc(N(c3ccc(-c4ccccc4)cc3)c3ccc4c(c3)oc3c(-n5c6ccccc6c6ccccc65)cccc34)cc2)cc1. The van der Waals surface area contributed by atoms with E-state index < -0.39 is 0 Å². The molecule has 51 heavy (non-hydrogen) atoms. The number of fused-ring (bicyclic) bond motifs is 6. The summed E-state index contributed by atoms with van der Waals surface area (Å²) in [6.07, 6.45) is 0. The Bertz CT molecular complexity index is 2690. The molecule has 0 amide bonds. The Morgan fingerprint density at radius 3 is 1.39 bits per heavy atom. The molecule has 10 aromatic rings. The van der Waals surface area contributed by atoms with Crippen molar-refractivity contribution in [2.24, 2.45) is 0 Å². The summed E-state index contributed by atoms with van der Waals surface area (Å²) in [5.74, 6) is 0. The fraction of sp³-hybridized carbons (Fsp3) is 0. The topological polar surface area (TPSA) is 21.3 Å². The van der Waals surface area contributed by atoms with E-state index in [-0.39, 0.29) is 0 Å². The van der Waals surface area contributed by atoms with E-state index in [0.29, 0.717) is 0 Å². The first kappa shape index (κ1) is 29.1. The van der Waals surface area contributed by atoms with E-state index >= 15 is 0 Å². The highest BCUT2D eigenvalue weighted by molar-refractivity contribution is 6.13. The predicted molar refractivity (Wildman–Crippen MR) is 214 cm³/mol. The monoisotopic (exact) mass is 652 g/mol. The molecule has 2 heterocycles. The van der Waals surface area contributed by atoms with Crippen LogP contribution in [0.2, 0.25) is 0 Å². The Labute approximate surface area is 295 Å². The molecule has 2 aromatic heterocycles. The van der Waals surface area contributed by atoms with Gasteiger partial charge in [0, 0.05) is 44.7 Å². The van der Waals surface area contributed by atoms with Crippen LogP contribution >= 0.6 is 0 Å². The van der Waals surface area contributed by atoms with Gasteiger partial charge in [-0.25, -0.2) is 0 Å². The maximum absolute atomic E-state index is 6.87. The maximum atomic E-state index is 6.87. The zero-order chi connectivity index (χ0) is 33.7. The van der Waals surface area contributed by atoms with Crippen molar-refractivity contribution in [3.05, 3.63) is 194 Å². The van der Waals surface area contributed by atoms with Gasteiger partial charge in [0.25, 0.3) is 0 Å². The van der Waals surface area contributed by atoms with Crippen LogP contribution in [0.25, 0.3) is 71.7 Å². The molecule has 3 heteroatoms. The van der Waals surface area contributed by atoms with Gasteiger partial charge in [0.15, 0.2) is 5.58 Å². The lowest BCUT2D eigenvalue weighted by molar-refractivity contribution is 0.666. The Hall–Kier alpha value is -6.84. The fourth-order valence-corrected chi connectivity index (χ4v) is 7.58. The molecule has 0 saturated carbocycles. The van der Waals surface area contributed by atoms with Crippen molar-refractivity contribution in [1.29, 1.82) is 0 Å². The lowest BCUT2D eigenvalue weighted by Crippen LogP contribution is -2.09. The smallest absolute Gasteiger partial charge is 0.159 e. The van der Waals surface area contributed by atoms with Crippen LogP contribution in [0.1, 0.15) is 0 Å². The van der Waals surface area contributed by atoms with Crippen molar-refractivity contribution in [2.45, 2.75) is 0 Å². The molecule has 0 aliphatic heterocycles. The van der Waals surface area contributed by atoms with E-state index in [9.17, 15) is 0 Å². The van der Waals surface area contributed by atoms with Gasteiger partial charge in [-0.3, -0.25) is 0 Å². The van der Waals surface area contributed by atoms with Gasteiger partial charge in [0.1, 0.15) is 5.58 Å². The van der Waals surface area contributed by atoms with Crippen LogP contribution in [0, 0.1) is 0 Å². The Kier molecular flexibility index (Phi) is 6.81. The zero-order valence-corrected chi connectivity index (χ0v) is 27.8. The van der Waals surface area contributed by atoms with Crippen LogP contribution < -0.4 is 4.90 Å². The molecule has 0 N–H and O–H groups in total. The van der Waals surface area contributed by atoms with Crippen LogP contribution in [0.4, 0.5) is 17.1 Å². The fourth-order valence-electron chi connectivity index (χ4n) is 7.58. The number of para-hydroxylation sites is 3. The van der Waals surface area contributed by atoms with Gasteiger partial charge < -0.3 is 13.9 Å². The maximum Gasteiger partial charge on any atom is 0.159 e. The summed E-state index contributed by atoms with van der Waals surface area (Å²) in [6, 6.07) is 69.0. The number of nitrogens with zero attached hydrogens (tertiary/aromatic N) is 2. The lowest BCUT2D eigenvalue weighted by Gasteiger charge is -2.26. The number of hydrogen-bond donors (Lipinski definition) is 0. The summed E-state index contributed by atoms with van der Waals surface area (Å²) in [6.45, 7) is 0. The summed E-state index contributed by atoms with van der Waals surface area (Å²) < 4.78 is 9.21. The van der Waals surface area contributed by atoms with Crippen molar-refractivity contribution >= 4 is 60.8 Å².